The molecule has 1 amide bonds. The summed E-state index contributed by atoms with van der Waals surface area (Å²) in [5.74, 6) is -0.494. The van der Waals surface area contributed by atoms with Crippen molar-refractivity contribution in [3.8, 4) is 0 Å². The first-order valence-corrected chi connectivity index (χ1v) is 5.00. The minimum absolute atomic E-state index is 0.231. The Kier molecular flexibility index (Phi) is 4.97. The second kappa shape index (κ2) is 5.24. The van der Waals surface area contributed by atoms with E-state index in [1.54, 1.807) is 20.8 Å². The number of thiol groups is 1. The Labute approximate surface area is 89.8 Å². The van der Waals surface area contributed by atoms with Gasteiger partial charge in [-0.15, -0.1) is 0 Å². The lowest BCUT2D eigenvalue weighted by Gasteiger charge is -2.23. The molecule has 0 saturated heterocycles. The summed E-state index contributed by atoms with van der Waals surface area (Å²) in [7, 11) is 0. The summed E-state index contributed by atoms with van der Waals surface area (Å²) >= 11 is 3.96. The lowest BCUT2D eigenvalue weighted by molar-refractivity contribution is -0.157. The summed E-state index contributed by atoms with van der Waals surface area (Å²) in [6.45, 7) is 6.66. The van der Waals surface area contributed by atoms with Gasteiger partial charge in [0.1, 0.15) is 11.6 Å². The average molecular weight is 219 g/mol. The van der Waals surface area contributed by atoms with Crippen LogP contribution in [0.2, 0.25) is 0 Å². The maximum atomic E-state index is 11.4. The third-order valence-corrected chi connectivity index (χ3v) is 1.62. The van der Waals surface area contributed by atoms with Crippen LogP contribution < -0.4 is 5.32 Å². The number of hydrogen-bond donors (Lipinski definition) is 2. The maximum Gasteiger partial charge on any atom is 0.330 e. The fourth-order valence-electron chi connectivity index (χ4n) is 0.797. The Morgan fingerprint density at radius 3 is 2.21 bits per heavy atom. The van der Waals surface area contributed by atoms with Crippen molar-refractivity contribution < 1.29 is 14.3 Å². The van der Waals surface area contributed by atoms with Crippen molar-refractivity contribution in [2.75, 3.05) is 5.75 Å². The summed E-state index contributed by atoms with van der Waals surface area (Å²) < 4.78 is 5.09. The summed E-state index contributed by atoms with van der Waals surface area (Å²) in [6, 6.07) is -0.671. The van der Waals surface area contributed by atoms with Gasteiger partial charge in [0.05, 0.1) is 0 Å². The molecular formula is C9H17NO3S. The van der Waals surface area contributed by atoms with Crippen LogP contribution in [0.25, 0.3) is 0 Å². The molecule has 0 aromatic carbocycles. The van der Waals surface area contributed by atoms with Crippen LogP contribution in [0.15, 0.2) is 0 Å². The number of carbonyl (C=O) groups is 2. The van der Waals surface area contributed by atoms with E-state index in [1.165, 1.54) is 6.92 Å². The van der Waals surface area contributed by atoms with Crippen molar-refractivity contribution in [1.82, 2.24) is 5.32 Å². The normalized spacial score (nSPS) is 13.2. The Morgan fingerprint density at radius 2 is 1.93 bits per heavy atom. The molecule has 0 saturated carbocycles. The van der Waals surface area contributed by atoms with E-state index >= 15 is 0 Å². The smallest absolute Gasteiger partial charge is 0.330 e. The van der Waals surface area contributed by atoms with Crippen molar-refractivity contribution in [1.29, 1.82) is 0 Å². The topological polar surface area (TPSA) is 55.4 Å². The fourth-order valence-corrected chi connectivity index (χ4v) is 1.04. The quantitative estimate of drug-likeness (QED) is 0.544. The average Bonchev–Trinajstić information content (AvgIpc) is 1.96. The van der Waals surface area contributed by atoms with Gasteiger partial charge in [0.25, 0.3) is 0 Å². The van der Waals surface area contributed by atoms with Gasteiger partial charge in [-0.25, -0.2) is 4.79 Å². The van der Waals surface area contributed by atoms with E-state index in [1.807, 2.05) is 0 Å². The standard InChI is InChI=1S/C9H17NO3S/c1-6(11)10-7(5-14)8(12)13-9(2,3)4/h7,14H,5H2,1-4H3,(H,10,11)/t7-/m0/s1. The molecule has 1 N–H and O–H groups in total. The van der Waals surface area contributed by atoms with Gasteiger partial charge in [-0.05, 0) is 20.8 Å². The van der Waals surface area contributed by atoms with Gasteiger partial charge in [0, 0.05) is 12.7 Å². The van der Waals surface area contributed by atoms with E-state index in [0.717, 1.165) is 0 Å². The molecule has 4 nitrogen and oxygen atoms in total. The summed E-state index contributed by atoms with van der Waals surface area (Å²) in [5.41, 5.74) is -0.545. The zero-order chi connectivity index (χ0) is 11.4. The largest absolute Gasteiger partial charge is 0.458 e. The van der Waals surface area contributed by atoms with E-state index in [9.17, 15) is 9.59 Å². The predicted octanol–water partition coefficient (Wildman–Crippen LogP) is 0.763. The molecule has 0 rings (SSSR count). The summed E-state index contributed by atoms with van der Waals surface area (Å²) in [4.78, 5) is 22.2. The van der Waals surface area contributed by atoms with Crippen LogP contribution in [-0.4, -0.2) is 29.3 Å². The maximum absolute atomic E-state index is 11.4. The highest BCUT2D eigenvalue weighted by Gasteiger charge is 2.24. The van der Waals surface area contributed by atoms with Gasteiger partial charge in [0.2, 0.25) is 5.91 Å². The molecule has 0 radical (unpaired) electrons. The highest BCUT2D eigenvalue weighted by atomic mass is 32.1. The van der Waals surface area contributed by atoms with Crippen molar-refractivity contribution in [3.05, 3.63) is 0 Å². The number of nitrogens with one attached hydrogen (secondary N) is 1. The van der Waals surface area contributed by atoms with E-state index in [4.69, 9.17) is 4.74 Å². The number of esters is 1. The molecule has 0 heterocycles. The lowest BCUT2D eigenvalue weighted by Crippen LogP contribution is -2.44. The molecule has 0 aromatic rings. The number of carbonyl (C=O) groups excluding carboxylic acids is 2. The van der Waals surface area contributed by atoms with Gasteiger partial charge in [-0.2, -0.15) is 12.6 Å². The van der Waals surface area contributed by atoms with Gasteiger partial charge >= 0.3 is 5.97 Å². The SMILES string of the molecule is CC(=O)N[C@@H](CS)C(=O)OC(C)(C)C. The molecule has 82 valence electrons. The highest BCUT2D eigenvalue weighted by Crippen LogP contribution is 2.08. The molecule has 0 aliphatic rings. The molecule has 0 aliphatic carbocycles. The van der Waals surface area contributed by atoms with Crippen LogP contribution in [0, 0.1) is 0 Å². The monoisotopic (exact) mass is 219 g/mol. The van der Waals surface area contributed by atoms with Crippen molar-refractivity contribution >= 4 is 24.5 Å². The number of hydrogen-bond acceptors (Lipinski definition) is 4. The first-order valence-electron chi connectivity index (χ1n) is 4.37. The third-order valence-electron chi connectivity index (χ3n) is 1.25. The summed E-state index contributed by atoms with van der Waals surface area (Å²) in [5, 5.41) is 2.46. The number of ether oxygens (including phenoxy) is 1. The molecule has 0 aliphatic heterocycles. The molecule has 1 atom stereocenters. The van der Waals surface area contributed by atoms with Crippen molar-refractivity contribution in [3.63, 3.8) is 0 Å². The molecular weight excluding hydrogens is 202 g/mol. The number of rotatable bonds is 3. The first kappa shape index (κ1) is 13.3. The summed E-state index contributed by atoms with van der Waals surface area (Å²) in [6.07, 6.45) is 0. The van der Waals surface area contributed by atoms with Crippen LogP contribution in [0.1, 0.15) is 27.7 Å². The van der Waals surface area contributed by atoms with Crippen LogP contribution in [0.3, 0.4) is 0 Å². The fraction of sp³-hybridized carbons (Fsp3) is 0.778. The van der Waals surface area contributed by atoms with Gasteiger partial charge in [0.15, 0.2) is 0 Å². The minimum Gasteiger partial charge on any atom is -0.458 e. The highest BCUT2D eigenvalue weighted by molar-refractivity contribution is 7.80. The van der Waals surface area contributed by atoms with Gasteiger partial charge in [-0.1, -0.05) is 0 Å². The Balaban J connectivity index is 4.25. The van der Waals surface area contributed by atoms with Crippen molar-refractivity contribution in [2.24, 2.45) is 0 Å². The zero-order valence-corrected chi connectivity index (χ0v) is 9.85. The first-order chi connectivity index (χ1) is 6.26. The zero-order valence-electron chi connectivity index (χ0n) is 8.96. The van der Waals surface area contributed by atoms with Crippen LogP contribution in [0.5, 0.6) is 0 Å². The molecule has 0 spiro atoms. The third kappa shape index (κ3) is 5.85. The van der Waals surface area contributed by atoms with Gasteiger partial charge in [-0.3, -0.25) is 4.79 Å². The van der Waals surface area contributed by atoms with Crippen LogP contribution >= 0.6 is 12.6 Å². The second-order valence-electron chi connectivity index (χ2n) is 3.97. The Morgan fingerprint density at radius 1 is 1.43 bits per heavy atom. The molecule has 0 fully saturated rings. The van der Waals surface area contributed by atoms with E-state index in [2.05, 4.69) is 17.9 Å². The number of amides is 1. The molecule has 0 unspecified atom stereocenters. The van der Waals surface area contributed by atoms with E-state index in [-0.39, 0.29) is 11.7 Å². The molecule has 5 heteroatoms. The lowest BCUT2D eigenvalue weighted by atomic mass is 10.2. The Hall–Kier alpha value is -0.710. The van der Waals surface area contributed by atoms with Crippen molar-refractivity contribution in [2.45, 2.75) is 39.3 Å². The molecule has 14 heavy (non-hydrogen) atoms. The molecule has 0 bridgehead atoms. The van der Waals surface area contributed by atoms with E-state index in [0.29, 0.717) is 0 Å². The molecule has 0 aromatic heterocycles. The van der Waals surface area contributed by atoms with Crippen LogP contribution in [0.4, 0.5) is 0 Å². The van der Waals surface area contributed by atoms with E-state index < -0.39 is 17.6 Å². The predicted molar refractivity (Wildman–Crippen MR) is 57.3 cm³/mol. The Bertz CT molecular complexity index is 223. The van der Waals surface area contributed by atoms with Gasteiger partial charge < -0.3 is 10.1 Å². The minimum atomic E-state index is -0.671. The van der Waals surface area contributed by atoms with Crippen LogP contribution in [-0.2, 0) is 14.3 Å². The second-order valence-corrected chi connectivity index (χ2v) is 4.33.